The third kappa shape index (κ3) is 2.76. The van der Waals surface area contributed by atoms with Gasteiger partial charge in [-0.25, -0.2) is 0 Å². The van der Waals surface area contributed by atoms with Gasteiger partial charge < -0.3 is 0 Å². The van der Waals surface area contributed by atoms with Crippen LogP contribution in [0.1, 0.15) is 28.4 Å². The summed E-state index contributed by atoms with van der Waals surface area (Å²) in [6.07, 6.45) is 1.91. The summed E-state index contributed by atoms with van der Waals surface area (Å²) < 4.78 is 1.90. The van der Waals surface area contributed by atoms with Crippen LogP contribution in [-0.4, -0.2) is 25.6 Å². The normalized spacial score (nSPS) is 12.5. The Bertz CT molecular complexity index is 841. The average Bonchev–Trinajstić information content (AvgIpc) is 2.92. The van der Waals surface area contributed by atoms with Crippen molar-refractivity contribution in [3.05, 3.63) is 59.3 Å². The molecular formula is C17H17N3OS. The predicted octanol–water partition coefficient (Wildman–Crippen LogP) is 3.71. The summed E-state index contributed by atoms with van der Waals surface area (Å²) in [6.45, 7) is 5.88. The lowest BCUT2D eigenvalue weighted by Crippen LogP contribution is -2.15. The van der Waals surface area contributed by atoms with Crippen LogP contribution in [0.25, 0.3) is 5.65 Å². The van der Waals surface area contributed by atoms with Gasteiger partial charge in [-0.3, -0.25) is 9.20 Å². The Labute approximate surface area is 133 Å². The maximum atomic E-state index is 12.7. The molecule has 2 aromatic heterocycles. The van der Waals surface area contributed by atoms with Gasteiger partial charge in [-0.05, 0) is 44.5 Å². The zero-order valence-corrected chi connectivity index (χ0v) is 13.6. The SMILES string of the molecule is Cc1ccc(C)c(C(=O)[C@H](C)Sc2nnc3ccccn23)c1. The average molecular weight is 311 g/mol. The van der Waals surface area contributed by atoms with E-state index in [-0.39, 0.29) is 11.0 Å². The van der Waals surface area contributed by atoms with Crippen molar-refractivity contribution in [1.29, 1.82) is 0 Å². The first kappa shape index (κ1) is 14.8. The van der Waals surface area contributed by atoms with Crippen molar-refractivity contribution in [2.24, 2.45) is 0 Å². The van der Waals surface area contributed by atoms with Crippen LogP contribution in [0, 0.1) is 13.8 Å². The van der Waals surface area contributed by atoms with Crippen molar-refractivity contribution in [1.82, 2.24) is 14.6 Å². The van der Waals surface area contributed by atoms with Gasteiger partial charge in [0.15, 0.2) is 16.6 Å². The van der Waals surface area contributed by atoms with Crippen LogP contribution in [0.5, 0.6) is 0 Å². The van der Waals surface area contributed by atoms with E-state index in [0.29, 0.717) is 0 Å². The summed E-state index contributed by atoms with van der Waals surface area (Å²) in [4.78, 5) is 12.7. The van der Waals surface area contributed by atoms with Gasteiger partial charge in [0.1, 0.15) is 0 Å². The lowest BCUT2D eigenvalue weighted by Gasteiger charge is -2.11. The zero-order chi connectivity index (χ0) is 15.7. The van der Waals surface area contributed by atoms with E-state index < -0.39 is 0 Å². The second-order valence-electron chi connectivity index (χ2n) is 5.35. The highest BCUT2D eigenvalue weighted by atomic mass is 32.2. The summed E-state index contributed by atoms with van der Waals surface area (Å²) in [5.74, 6) is 0.124. The molecule has 0 amide bonds. The van der Waals surface area contributed by atoms with Gasteiger partial charge in [0.05, 0.1) is 5.25 Å². The largest absolute Gasteiger partial charge is 0.293 e. The summed E-state index contributed by atoms with van der Waals surface area (Å²) in [6, 6.07) is 11.7. The Morgan fingerprint density at radius 2 is 2.00 bits per heavy atom. The highest BCUT2D eigenvalue weighted by molar-refractivity contribution is 8.00. The number of rotatable bonds is 4. The number of nitrogens with zero attached hydrogens (tertiary/aromatic N) is 3. The van der Waals surface area contributed by atoms with E-state index in [4.69, 9.17) is 0 Å². The lowest BCUT2D eigenvalue weighted by molar-refractivity contribution is 0.0993. The molecule has 0 bridgehead atoms. The molecule has 0 aliphatic heterocycles. The van der Waals surface area contributed by atoms with Gasteiger partial charge in [0, 0.05) is 11.8 Å². The topological polar surface area (TPSA) is 47.3 Å². The molecule has 112 valence electrons. The molecule has 0 saturated heterocycles. The van der Waals surface area contributed by atoms with Crippen molar-refractivity contribution in [2.45, 2.75) is 31.2 Å². The Kier molecular flexibility index (Phi) is 3.98. The van der Waals surface area contributed by atoms with Crippen LogP contribution in [0.2, 0.25) is 0 Å². The van der Waals surface area contributed by atoms with Gasteiger partial charge >= 0.3 is 0 Å². The number of thioether (sulfide) groups is 1. The molecule has 0 fully saturated rings. The quantitative estimate of drug-likeness (QED) is 0.544. The minimum Gasteiger partial charge on any atom is -0.293 e. The van der Waals surface area contributed by atoms with Crippen LogP contribution in [0.4, 0.5) is 0 Å². The molecule has 2 heterocycles. The zero-order valence-electron chi connectivity index (χ0n) is 12.8. The standard InChI is InChI=1S/C17H17N3OS/c1-11-7-8-12(2)14(10-11)16(21)13(3)22-17-19-18-15-6-4-5-9-20(15)17/h4-10,13H,1-3H3/t13-/m0/s1. The molecule has 0 aliphatic rings. The van der Waals surface area contributed by atoms with Crippen molar-refractivity contribution in [3.63, 3.8) is 0 Å². The number of aromatic nitrogens is 3. The number of aryl methyl sites for hydroxylation is 2. The Morgan fingerprint density at radius 3 is 2.82 bits per heavy atom. The van der Waals surface area contributed by atoms with Gasteiger partial charge in [0.2, 0.25) is 0 Å². The highest BCUT2D eigenvalue weighted by Gasteiger charge is 2.20. The van der Waals surface area contributed by atoms with Crippen LogP contribution >= 0.6 is 11.8 Å². The maximum Gasteiger partial charge on any atom is 0.196 e. The number of hydrogen-bond donors (Lipinski definition) is 0. The number of hydrogen-bond acceptors (Lipinski definition) is 4. The Balaban J connectivity index is 1.86. The lowest BCUT2D eigenvalue weighted by atomic mass is 10.0. The molecule has 0 saturated carbocycles. The second-order valence-corrected chi connectivity index (χ2v) is 6.66. The number of carbonyl (C=O) groups is 1. The fraction of sp³-hybridized carbons (Fsp3) is 0.235. The molecular weight excluding hydrogens is 294 g/mol. The molecule has 4 nitrogen and oxygen atoms in total. The molecule has 3 rings (SSSR count). The number of ketones is 1. The van der Waals surface area contributed by atoms with E-state index in [1.54, 1.807) is 0 Å². The van der Waals surface area contributed by atoms with Crippen LogP contribution < -0.4 is 0 Å². The summed E-state index contributed by atoms with van der Waals surface area (Å²) in [5.41, 5.74) is 3.68. The minimum absolute atomic E-state index is 0.124. The van der Waals surface area contributed by atoms with Crippen molar-refractivity contribution < 1.29 is 4.79 Å². The van der Waals surface area contributed by atoms with Crippen LogP contribution in [-0.2, 0) is 0 Å². The van der Waals surface area contributed by atoms with E-state index in [2.05, 4.69) is 10.2 Å². The predicted molar refractivity (Wildman–Crippen MR) is 88.6 cm³/mol. The minimum atomic E-state index is -0.215. The van der Waals surface area contributed by atoms with E-state index in [0.717, 1.165) is 27.5 Å². The maximum absolute atomic E-state index is 12.7. The Morgan fingerprint density at radius 1 is 1.18 bits per heavy atom. The number of benzene rings is 1. The smallest absolute Gasteiger partial charge is 0.196 e. The molecule has 0 N–H and O–H groups in total. The van der Waals surface area contributed by atoms with Gasteiger partial charge in [-0.2, -0.15) is 0 Å². The Hall–Kier alpha value is -2.14. The van der Waals surface area contributed by atoms with E-state index >= 15 is 0 Å². The van der Waals surface area contributed by atoms with Crippen molar-refractivity contribution >= 4 is 23.2 Å². The summed E-state index contributed by atoms with van der Waals surface area (Å²) in [7, 11) is 0. The molecule has 0 aliphatic carbocycles. The molecule has 0 radical (unpaired) electrons. The third-order valence-electron chi connectivity index (χ3n) is 3.59. The van der Waals surface area contributed by atoms with Gasteiger partial charge in [-0.1, -0.05) is 35.5 Å². The second kappa shape index (κ2) is 5.93. The monoisotopic (exact) mass is 311 g/mol. The number of Topliss-reactive ketones (excluding diaryl/α,β-unsaturated/α-hetero) is 1. The molecule has 0 spiro atoms. The first-order valence-corrected chi connectivity index (χ1v) is 8.02. The molecule has 1 aromatic carbocycles. The van der Waals surface area contributed by atoms with Crippen LogP contribution in [0.3, 0.4) is 0 Å². The number of fused-ring (bicyclic) bond motifs is 1. The fourth-order valence-electron chi connectivity index (χ4n) is 2.33. The van der Waals surface area contributed by atoms with Crippen molar-refractivity contribution in [3.8, 4) is 0 Å². The van der Waals surface area contributed by atoms with Crippen molar-refractivity contribution in [2.75, 3.05) is 0 Å². The number of carbonyl (C=O) groups excluding carboxylic acids is 1. The first-order valence-electron chi connectivity index (χ1n) is 7.14. The third-order valence-corrected chi connectivity index (χ3v) is 4.65. The summed E-state index contributed by atoms with van der Waals surface area (Å²) >= 11 is 1.44. The molecule has 3 aromatic rings. The van der Waals surface area contributed by atoms with Crippen LogP contribution in [0.15, 0.2) is 47.8 Å². The van der Waals surface area contributed by atoms with E-state index in [9.17, 15) is 4.79 Å². The van der Waals surface area contributed by atoms with E-state index in [1.165, 1.54) is 11.8 Å². The number of pyridine rings is 1. The molecule has 22 heavy (non-hydrogen) atoms. The van der Waals surface area contributed by atoms with Gasteiger partial charge in [-0.15, -0.1) is 10.2 Å². The fourth-order valence-corrected chi connectivity index (χ4v) is 3.24. The molecule has 5 heteroatoms. The molecule has 0 unspecified atom stereocenters. The first-order chi connectivity index (χ1) is 10.6. The molecule has 1 atom stereocenters. The van der Waals surface area contributed by atoms with E-state index in [1.807, 2.05) is 67.8 Å². The summed E-state index contributed by atoms with van der Waals surface area (Å²) in [5, 5.41) is 8.81. The highest BCUT2D eigenvalue weighted by Crippen LogP contribution is 2.25. The van der Waals surface area contributed by atoms with Gasteiger partial charge in [0.25, 0.3) is 0 Å².